The highest BCUT2D eigenvalue weighted by molar-refractivity contribution is 5.90. The van der Waals surface area contributed by atoms with Crippen molar-refractivity contribution in [3.63, 3.8) is 0 Å². The molecule has 0 radical (unpaired) electrons. The van der Waals surface area contributed by atoms with Gasteiger partial charge in [-0.05, 0) is 49.7 Å². The Morgan fingerprint density at radius 3 is 2.37 bits per heavy atom. The summed E-state index contributed by atoms with van der Waals surface area (Å²) in [6, 6.07) is 9.09. The number of nitrogens with zero attached hydrogens (tertiary/aromatic N) is 1. The number of rotatable bonds is 8. The highest BCUT2D eigenvalue weighted by atomic mass is 19.1. The Labute approximate surface area is 173 Å². The van der Waals surface area contributed by atoms with Gasteiger partial charge in [-0.1, -0.05) is 11.2 Å². The second-order valence-electron chi connectivity index (χ2n) is 6.50. The van der Waals surface area contributed by atoms with E-state index in [9.17, 15) is 9.18 Å². The third-order valence-corrected chi connectivity index (χ3v) is 4.54. The van der Waals surface area contributed by atoms with Gasteiger partial charge in [0.05, 0.1) is 31.0 Å². The molecule has 0 saturated carbocycles. The van der Waals surface area contributed by atoms with Crippen molar-refractivity contribution < 1.29 is 32.7 Å². The van der Waals surface area contributed by atoms with E-state index in [0.717, 1.165) is 11.3 Å². The predicted molar refractivity (Wildman–Crippen MR) is 105 cm³/mol. The average molecular weight is 415 g/mol. The quantitative estimate of drug-likeness (QED) is 0.505. The molecule has 2 aromatic carbocycles. The Balaban J connectivity index is 1.66. The normalized spacial score (nSPS) is 10.6. The number of benzene rings is 2. The summed E-state index contributed by atoms with van der Waals surface area (Å²) < 4.78 is 40.2. The van der Waals surface area contributed by atoms with Crippen LogP contribution in [-0.2, 0) is 18.0 Å². The summed E-state index contributed by atoms with van der Waals surface area (Å²) in [5.41, 5.74) is 2.40. The molecule has 0 spiro atoms. The zero-order valence-corrected chi connectivity index (χ0v) is 17.2. The Kier molecular flexibility index (Phi) is 6.56. The van der Waals surface area contributed by atoms with Crippen molar-refractivity contribution in [2.75, 3.05) is 14.2 Å². The molecule has 0 aliphatic rings. The van der Waals surface area contributed by atoms with Crippen molar-refractivity contribution >= 4 is 5.97 Å². The number of methoxy groups -OCH3 is 2. The molecule has 0 atom stereocenters. The van der Waals surface area contributed by atoms with Gasteiger partial charge < -0.3 is 23.5 Å². The molecular weight excluding hydrogens is 393 g/mol. The molecule has 30 heavy (non-hydrogen) atoms. The van der Waals surface area contributed by atoms with Gasteiger partial charge in [0.15, 0.2) is 23.1 Å². The van der Waals surface area contributed by atoms with Crippen LogP contribution < -0.4 is 14.2 Å². The van der Waals surface area contributed by atoms with Gasteiger partial charge in [-0.15, -0.1) is 0 Å². The number of ether oxygens (including phenoxy) is 4. The van der Waals surface area contributed by atoms with Gasteiger partial charge in [0.2, 0.25) is 0 Å². The monoisotopic (exact) mass is 415 g/mol. The Morgan fingerprint density at radius 2 is 1.73 bits per heavy atom. The lowest BCUT2D eigenvalue weighted by atomic mass is 10.2. The van der Waals surface area contributed by atoms with Crippen LogP contribution in [-0.4, -0.2) is 25.3 Å². The van der Waals surface area contributed by atoms with Crippen LogP contribution in [0.3, 0.4) is 0 Å². The standard InChI is InChI=1S/C22H22FNO6/c1-13-17(14(2)30-24-13)12-28-20-8-6-16(10-21(20)27-4)22(25)29-11-15-5-7-19(26-3)18(23)9-15/h5-10H,11-12H2,1-4H3. The van der Waals surface area contributed by atoms with Crippen molar-refractivity contribution in [1.29, 1.82) is 0 Å². The van der Waals surface area contributed by atoms with E-state index in [0.29, 0.717) is 22.8 Å². The molecule has 0 N–H and O–H groups in total. The molecule has 0 bridgehead atoms. The lowest BCUT2D eigenvalue weighted by Crippen LogP contribution is -2.07. The van der Waals surface area contributed by atoms with Gasteiger partial charge >= 0.3 is 5.97 Å². The van der Waals surface area contributed by atoms with Gasteiger partial charge in [-0.2, -0.15) is 0 Å². The summed E-state index contributed by atoms with van der Waals surface area (Å²) in [4.78, 5) is 12.4. The van der Waals surface area contributed by atoms with Crippen molar-refractivity contribution in [2.45, 2.75) is 27.1 Å². The molecular formula is C22H22FNO6. The second-order valence-corrected chi connectivity index (χ2v) is 6.50. The van der Waals surface area contributed by atoms with Gasteiger partial charge in [0.25, 0.3) is 0 Å². The number of hydrogen-bond acceptors (Lipinski definition) is 7. The van der Waals surface area contributed by atoms with E-state index in [4.69, 9.17) is 23.5 Å². The average Bonchev–Trinajstić information content (AvgIpc) is 3.07. The smallest absolute Gasteiger partial charge is 0.338 e. The summed E-state index contributed by atoms with van der Waals surface area (Å²) in [6.07, 6.45) is 0. The second kappa shape index (κ2) is 9.30. The zero-order valence-electron chi connectivity index (χ0n) is 17.2. The van der Waals surface area contributed by atoms with Crippen molar-refractivity contribution in [3.8, 4) is 17.2 Å². The first-order chi connectivity index (χ1) is 14.4. The van der Waals surface area contributed by atoms with E-state index in [1.165, 1.54) is 32.4 Å². The third-order valence-electron chi connectivity index (χ3n) is 4.54. The Hall–Kier alpha value is -3.55. The maximum Gasteiger partial charge on any atom is 0.338 e. The van der Waals surface area contributed by atoms with E-state index < -0.39 is 11.8 Å². The predicted octanol–water partition coefficient (Wildman–Crippen LogP) is 4.38. The van der Waals surface area contributed by atoms with E-state index >= 15 is 0 Å². The number of halogens is 1. The molecule has 0 amide bonds. The first-order valence-electron chi connectivity index (χ1n) is 9.15. The van der Waals surface area contributed by atoms with Crippen LogP contribution >= 0.6 is 0 Å². The molecule has 1 heterocycles. The van der Waals surface area contributed by atoms with Crippen LogP contribution in [0.15, 0.2) is 40.9 Å². The molecule has 0 saturated heterocycles. The number of hydrogen-bond donors (Lipinski definition) is 0. The molecule has 8 heteroatoms. The van der Waals surface area contributed by atoms with Crippen LogP contribution in [0.1, 0.15) is 32.9 Å². The van der Waals surface area contributed by atoms with E-state index in [2.05, 4.69) is 5.16 Å². The Morgan fingerprint density at radius 1 is 1.00 bits per heavy atom. The summed E-state index contributed by atoms with van der Waals surface area (Å²) >= 11 is 0. The topological polar surface area (TPSA) is 80.0 Å². The fourth-order valence-electron chi connectivity index (χ4n) is 2.80. The number of carbonyl (C=O) groups is 1. The third kappa shape index (κ3) is 4.71. The van der Waals surface area contributed by atoms with Gasteiger partial charge in [-0.25, -0.2) is 9.18 Å². The maximum atomic E-state index is 13.8. The maximum absolute atomic E-state index is 13.8. The van der Waals surface area contributed by atoms with Gasteiger partial charge in [-0.3, -0.25) is 0 Å². The van der Waals surface area contributed by atoms with Crippen LogP contribution in [0.5, 0.6) is 17.2 Å². The van der Waals surface area contributed by atoms with E-state index in [1.54, 1.807) is 18.2 Å². The van der Waals surface area contributed by atoms with Crippen LogP contribution in [0.4, 0.5) is 4.39 Å². The molecule has 3 aromatic rings. The van der Waals surface area contributed by atoms with Crippen LogP contribution in [0, 0.1) is 19.7 Å². The van der Waals surface area contributed by atoms with Crippen molar-refractivity contribution in [2.24, 2.45) is 0 Å². The van der Waals surface area contributed by atoms with E-state index in [-0.39, 0.29) is 24.5 Å². The number of esters is 1. The molecule has 0 fully saturated rings. The molecule has 0 aliphatic carbocycles. The van der Waals surface area contributed by atoms with Gasteiger partial charge in [0, 0.05) is 0 Å². The lowest BCUT2D eigenvalue weighted by Gasteiger charge is -2.12. The first kappa shape index (κ1) is 21.2. The SMILES string of the molecule is COc1ccc(COC(=O)c2ccc(OCc3c(C)noc3C)c(OC)c2)cc1F. The lowest BCUT2D eigenvalue weighted by molar-refractivity contribution is 0.0471. The summed E-state index contributed by atoms with van der Waals surface area (Å²) in [6.45, 7) is 3.82. The minimum absolute atomic E-state index is 0.0770. The summed E-state index contributed by atoms with van der Waals surface area (Å²) in [7, 11) is 2.86. The van der Waals surface area contributed by atoms with Crippen molar-refractivity contribution in [1.82, 2.24) is 5.16 Å². The number of aryl methyl sites for hydroxylation is 2. The van der Waals surface area contributed by atoms with E-state index in [1.807, 2.05) is 13.8 Å². The zero-order chi connectivity index (χ0) is 21.7. The largest absolute Gasteiger partial charge is 0.494 e. The molecule has 1 aromatic heterocycles. The van der Waals surface area contributed by atoms with Gasteiger partial charge in [0.1, 0.15) is 19.0 Å². The molecule has 3 rings (SSSR count). The number of carbonyl (C=O) groups excluding carboxylic acids is 1. The van der Waals surface area contributed by atoms with Crippen LogP contribution in [0.2, 0.25) is 0 Å². The summed E-state index contributed by atoms with van der Waals surface area (Å²) in [5, 5.41) is 3.89. The number of aromatic nitrogens is 1. The highest BCUT2D eigenvalue weighted by Crippen LogP contribution is 2.30. The minimum Gasteiger partial charge on any atom is -0.494 e. The molecule has 158 valence electrons. The fraction of sp³-hybridized carbons (Fsp3) is 0.273. The summed E-state index contributed by atoms with van der Waals surface area (Å²) in [5.74, 6) is 0.566. The molecule has 0 unspecified atom stereocenters. The molecule has 7 nitrogen and oxygen atoms in total. The molecule has 0 aliphatic heterocycles. The first-order valence-corrected chi connectivity index (χ1v) is 9.15. The fourth-order valence-corrected chi connectivity index (χ4v) is 2.80. The minimum atomic E-state index is -0.568. The Bertz CT molecular complexity index is 1030. The highest BCUT2D eigenvalue weighted by Gasteiger charge is 2.15. The van der Waals surface area contributed by atoms with Crippen molar-refractivity contribution in [3.05, 3.63) is 70.4 Å². The van der Waals surface area contributed by atoms with Crippen LogP contribution in [0.25, 0.3) is 0 Å².